The fourth-order valence-corrected chi connectivity index (χ4v) is 2.80. The SMILES string of the molecule is COc1ccc(C(Br)c2ccc(I)c(Cl)c2)cc1F. The Labute approximate surface area is 138 Å². The molecule has 0 N–H and O–H groups in total. The molecule has 5 heteroatoms. The lowest BCUT2D eigenvalue weighted by Gasteiger charge is -2.13. The average Bonchev–Trinajstić information content (AvgIpc) is 2.41. The molecule has 1 nitrogen and oxygen atoms in total. The highest BCUT2D eigenvalue weighted by Crippen LogP contribution is 2.34. The minimum Gasteiger partial charge on any atom is -0.494 e. The van der Waals surface area contributed by atoms with E-state index in [4.69, 9.17) is 16.3 Å². The van der Waals surface area contributed by atoms with Crippen molar-refractivity contribution in [2.75, 3.05) is 7.11 Å². The number of hydrogen-bond donors (Lipinski definition) is 0. The minimum absolute atomic E-state index is 0.109. The van der Waals surface area contributed by atoms with Gasteiger partial charge in [0.2, 0.25) is 0 Å². The van der Waals surface area contributed by atoms with E-state index in [0.717, 1.165) is 14.7 Å². The summed E-state index contributed by atoms with van der Waals surface area (Å²) in [7, 11) is 1.45. The predicted molar refractivity (Wildman–Crippen MR) is 87.9 cm³/mol. The molecule has 2 rings (SSSR count). The smallest absolute Gasteiger partial charge is 0.165 e. The van der Waals surface area contributed by atoms with Crippen molar-refractivity contribution in [1.82, 2.24) is 0 Å². The highest BCUT2D eigenvalue weighted by atomic mass is 127. The summed E-state index contributed by atoms with van der Waals surface area (Å²) in [6.45, 7) is 0. The number of halogens is 4. The Hall–Kier alpha value is -0.330. The summed E-state index contributed by atoms with van der Waals surface area (Å²) in [6.07, 6.45) is 0. The van der Waals surface area contributed by atoms with E-state index in [-0.39, 0.29) is 16.4 Å². The topological polar surface area (TPSA) is 9.23 Å². The molecule has 0 heterocycles. The molecule has 0 radical (unpaired) electrons. The Morgan fingerprint density at radius 1 is 1.21 bits per heavy atom. The van der Waals surface area contributed by atoms with Gasteiger partial charge in [-0.25, -0.2) is 4.39 Å². The maximum absolute atomic E-state index is 13.7. The highest BCUT2D eigenvalue weighted by molar-refractivity contribution is 14.1. The Bertz CT molecular complexity index is 606. The first-order valence-electron chi connectivity index (χ1n) is 5.45. The molecule has 0 saturated heterocycles. The average molecular weight is 455 g/mol. The molecule has 19 heavy (non-hydrogen) atoms. The largest absolute Gasteiger partial charge is 0.494 e. The van der Waals surface area contributed by atoms with Crippen molar-refractivity contribution in [2.45, 2.75) is 4.83 Å². The second kappa shape index (κ2) is 6.41. The summed E-state index contributed by atoms with van der Waals surface area (Å²) in [5.74, 6) is -0.134. The van der Waals surface area contributed by atoms with Gasteiger partial charge in [-0.2, -0.15) is 0 Å². The number of rotatable bonds is 3. The van der Waals surface area contributed by atoms with Crippen LogP contribution in [0.1, 0.15) is 16.0 Å². The van der Waals surface area contributed by atoms with Gasteiger partial charge in [0.1, 0.15) is 0 Å². The number of methoxy groups -OCH3 is 1. The van der Waals surface area contributed by atoms with Crippen LogP contribution in [0, 0.1) is 9.39 Å². The first kappa shape index (κ1) is 15.1. The van der Waals surface area contributed by atoms with Gasteiger partial charge in [-0.05, 0) is 58.0 Å². The molecule has 2 aromatic carbocycles. The standard InChI is InChI=1S/C14H10BrClFIO/c1-19-13-5-3-9(7-11(13)17)14(15)8-2-4-12(18)10(16)6-8/h2-7,14H,1H3. The Kier molecular flexibility index (Phi) is 5.09. The van der Waals surface area contributed by atoms with Gasteiger partial charge in [-0.15, -0.1) is 0 Å². The zero-order valence-electron chi connectivity index (χ0n) is 9.96. The van der Waals surface area contributed by atoms with Gasteiger partial charge in [-0.1, -0.05) is 39.7 Å². The van der Waals surface area contributed by atoms with Crippen molar-refractivity contribution in [3.8, 4) is 5.75 Å². The molecule has 2 aromatic rings. The molecule has 0 bridgehead atoms. The summed E-state index contributed by atoms with van der Waals surface area (Å²) in [4.78, 5) is -0.109. The summed E-state index contributed by atoms with van der Waals surface area (Å²) in [5, 5.41) is 0.691. The van der Waals surface area contributed by atoms with E-state index in [2.05, 4.69) is 38.5 Å². The monoisotopic (exact) mass is 454 g/mol. The van der Waals surface area contributed by atoms with Crippen LogP contribution in [-0.4, -0.2) is 7.11 Å². The fourth-order valence-electron chi connectivity index (χ4n) is 1.70. The maximum Gasteiger partial charge on any atom is 0.165 e. The van der Waals surface area contributed by atoms with Crippen LogP contribution in [-0.2, 0) is 0 Å². The molecule has 0 aliphatic rings. The highest BCUT2D eigenvalue weighted by Gasteiger charge is 2.14. The third kappa shape index (κ3) is 3.41. The van der Waals surface area contributed by atoms with Crippen LogP contribution in [0.3, 0.4) is 0 Å². The van der Waals surface area contributed by atoms with E-state index < -0.39 is 0 Å². The first-order valence-corrected chi connectivity index (χ1v) is 7.82. The molecule has 100 valence electrons. The maximum atomic E-state index is 13.7. The quantitative estimate of drug-likeness (QED) is 0.434. The van der Waals surface area contributed by atoms with Gasteiger partial charge < -0.3 is 4.74 Å². The first-order chi connectivity index (χ1) is 9.02. The third-order valence-electron chi connectivity index (χ3n) is 2.70. The van der Waals surface area contributed by atoms with E-state index in [1.165, 1.54) is 13.2 Å². The van der Waals surface area contributed by atoms with Crippen molar-refractivity contribution >= 4 is 50.1 Å². The molecule has 1 atom stereocenters. The van der Waals surface area contributed by atoms with Gasteiger partial charge in [0.15, 0.2) is 11.6 Å². The second-order valence-electron chi connectivity index (χ2n) is 3.93. The molecule has 0 aliphatic heterocycles. The molecular formula is C14H10BrClFIO. The Balaban J connectivity index is 2.35. The van der Waals surface area contributed by atoms with E-state index in [1.807, 2.05) is 24.3 Å². The zero-order valence-corrected chi connectivity index (χ0v) is 14.5. The van der Waals surface area contributed by atoms with Crippen LogP contribution in [0.4, 0.5) is 4.39 Å². The van der Waals surface area contributed by atoms with Crippen molar-refractivity contribution in [3.63, 3.8) is 0 Å². The molecule has 0 saturated carbocycles. The Morgan fingerprint density at radius 3 is 2.42 bits per heavy atom. The van der Waals surface area contributed by atoms with Crippen LogP contribution < -0.4 is 4.74 Å². The molecule has 0 amide bonds. The molecule has 0 aliphatic carbocycles. The van der Waals surface area contributed by atoms with Crippen molar-refractivity contribution in [3.05, 3.63) is 61.9 Å². The second-order valence-corrected chi connectivity index (χ2v) is 6.42. The number of benzene rings is 2. The van der Waals surface area contributed by atoms with Crippen LogP contribution in [0.25, 0.3) is 0 Å². The minimum atomic E-state index is -0.374. The molecule has 0 spiro atoms. The van der Waals surface area contributed by atoms with Crippen molar-refractivity contribution in [2.24, 2.45) is 0 Å². The van der Waals surface area contributed by atoms with Crippen LogP contribution >= 0.6 is 50.1 Å². The summed E-state index contributed by atoms with van der Waals surface area (Å²) < 4.78 is 19.6. The van der Waals surface area contributed by atoms with E-state index >= 15 is 0 Å². The predicted octanol–water partition coefficient (Wildman–Crippen LogP) is 5.58. The van der Waals surface area contributed by atoms with Crippen molar-refractivity contribution in [1.29, 1.82) is 0 Å². The van der Waals surface area contributed by atoms with E-state index in [9.17, 15) is 4.39 Å². The molecule has 0 fully saturated rings. The lowest BCUT2D eigenvalue weighted by atomic mass is 10.0. The van der Waals surface area contributed by atoms with Gasteiger partial charge in [0, 0.05) is 3.57 Å². The normalized spacial score (nSPS) is 12.3. The lowest BCUT2D eigenvalue weighted by molar-refractivity contribution is 0.386. The van der Waals surface area contributed by atoms with Gasteiger partial charge in [0.25, 0.3) is 0 Å². The van der Waals surface area contributed by atoms with E-state index in [1.54, 1.807) is 6.07 Å². The zero-order chi connectivity index (χ0) is 14.0. The van der Waals surface area contributed by atoms with Gasteiger partial charge >= 0.3 is 0 Å². The summed E-state index contributed by atoms with van der Waals surface area (Å²) >= 11 is 11.8. The number of ether oxygens (including phenoxy) is 1. The number of hydrogen-bond acceptors (Lipinski definition) is 1. The fraction of sp³-hybridized carbons (Fsp3) is 0.143. The number of alkyl halides is 1. The van der Waals surface area contributed by atoms with Crippen LogP contribution in [0.2, 0.25) is 5.02 Å². The van der Waals surface area contributed by atoms with Gasteiger partial charge in [0.05, 0.1) is 17.0 Å². The Morgan fingerprint density at radius 2 is 1.84 bits per heavy atom. The summed E-state index contributed by atoms with van der Waals surface area (Å²) in [6, 6.07) is 10.7. The molecule has 0 aromatic heterocycles. The molecule has 1 unspecified atom stereocenters. The van der Waals surface area contributed by atoms with Crippen LogP contribution in [0.5, 0.6) is 5.75 Å². The third-order valence-corrected chi connectivity index (χ3v) is 5.33. The van der Waals surface area contributed by atoms with E-state index in [0.29, 0.717) is 5.02 Å². The summed E-state index contributed by atoms with van der Waals surface area (Å²) in [5.41, 5.74) is 1.80. The van der Waals surface area contributed by atoms with Crippen molar-refractivity contribution < 1.29 is 9.13 Å². The molecular weight excluding hydrogens is 445 g/mol. The van der Waals surface area contributed by atoms with Gasteiger partial charge in [-0.3, -0.25) is 0 Å². The lowest BCUT2D eigenvalue weighted by Crippen LogP contribution is -1.96. The van der Waals surface area contributed by atoms with Crippen LogP contribution in [0.15, 0.2) is 36.4 Å².